The summed E-state index contributed by atoms with van der Waals surface area (Å²) in [5.74, 6) is -0.343. The number of imidazole rings is 1. The van der Waals surface area contributed by atoms with E-state index in [1.54, 1.807) is 12.5 Å². The van der Waals surface area contributed by atoms with E-state index < -0.39 is 0 Å². The second kappa shape index (κ2) is 6.16. The molecule has 1 amide bonds. The first-order valence-corrected chi connectivity index (χ1v) is 8.28. The van der Waals surface area contributed by atoms with E-state index in [0.29, 0.717) is 12.1 Å². The second-order valence-electron chi connectivity index (χ2n) is 6.49. The fourth-order valence-electron chi connectivity index (χ4n) is 3.44. The monoisotopic (exact) mass is 335 g/mol. The normalized spacial score (nSPS) is 16.4. The van der Waals surface area contributed by atoms with Gasteiger partial charge in [0.15, 0.2) is 0 Å². The number of aromatic nitrogens is 2. The van der Waals surface area contributed by atoms with Crippen LogP contribution in [0, 0.1) is 5.82 Å². The minimum absolute atomic E-state index is 0.0642. The van der Waals surface area contributed by atoms with Crippen molar-refractivity contribution in [3.63, 3.8) is 0 Å². The number of carbonyl (C=O) groups is 1. The molecule has 0 spiro atoms. The van der Waals surface area contributed by atoms with Crippen molar-refractivity contribution in [2.24, 2.45) is 0 Å². The van der Waals surface area contributed by atoms with Crippen LogP contribution in [0.2, 0.25) is 0 Å². The number of benzene rings is 2. The van der Waals surface area contributed by atoms with Gasteiger partial charge in [-0.25, -0.2) is 9.37 Å². The zero-order valence-electron chi connectivity index (χ0n) is 13.9. The minimum atomic E-state index is -0.279. The van der Waals surface area contributed by atoms with E-state index in [2.05, 4.69) is 10.3 Å². The quantitative estimate of drug-likeness (QED) is 0.797. The molecule has 2 aromatic carbocycles. The second-order valence-corrected chi connectivity index (χ2v) is 6.49. The van der Waals surface area contributed by atoms with Crippen molar-refractivity contribution in [1.82, 2.24) is 14.9 Å². The van der Waals surface area contributed by atoms with Gasteiger partial charge in [0.2, 0.25) is 0 Å². The third-order valence-electron chi connectivity index (χ3n) is 4.50. The van der Waals surface area contributed by atoms with Crippen LogP contribution < -0.4 is 5.32 Å². The summed E-state index contributed by atoms with van der Waals surface area (Å²) in [5.41, 5.74) is 4.24. The van der Waals surface area contributed by atoms with Gasteiger partial charge in [-0.3, -0.25) is 4.79 Å². The fraction of sp³-hybridized carbons (Fsp3) is 0.200. The van der Waals surface area contributed by atoms with Gasteiger partial charge in [0.25, 0.3) is 5.91 Å². The lowest BCUT2D eigenvalue weighted by Crippen LogP contribution is -2.39. The number of carbonyl (C=O) groups excluding carboxylic acids is 1. The van der Waals surface area contributed by atoms with Crippen LogP contribution in [0.15, 0.2) is 55.1 Å². The summed E-state index contributed by atoms with van der Waals surface area (Å²) in [6, 6.07) is 10.8. The highest BCUT2D eigenvalue weighted by Crippen LogP contribution is 2.31. The van der Waals surface area contributed by atoms with E-state index in [1.165, 1.54) is 12.1 Å². The maximum absolute atomic E-state index is 14.2. The van der Waals surface area contributed by atoms with Gasteiger partial charge in [-0.05, 0) is 59.9 Å². The molecule has 3 aromatic rings. The summed E-state index contributed by atoms with van der Waals surface area (Å²) >= 11 is 0. The number of nitrogens with zero attached hydrogens (tertiary/aromatic N) is 2. The molecule has 0 aliphatic carbocycles. The van der Waals surface area contributed by atoms with Crippen LogP contribution in [0.5, 0.6) is 0 Å². The molecule has 2 heterocycles. The van der Waals surface area contributed by atoms with E-state index in [0.717, 1.165) is 28.7 Å². The Balaban J connectivity index is 1.79. The molecule has 0 radical (unpaired) electrons. The van der Waals surface area contributed by atoms with Crippen LogP contribution in [0.1, 0.15) is 28.4 Å². The molecule has 0 saturated carbocycles. The van der Waals surface area contributed by atoms with Crippen molar-refractivity contribution in [1.29, 1.82) is 0 Å². The number of rotatable bonds is 3. The Morgan fingerprint density at radius 3 is 2.92 bits per heavy atom. The van der Waals surface area contributed by atoms with Crippen LogP contribution in [0.25, 0.3) is 11.1 Å². The molecular formula is C20H18FN3O. The largest absolute Gasteiger partial charge is 0.349 e. The Kier molecular flexibility index (Phi) is 3.84. The van der Waals surface area contributed by atoms with Crippen LogP contribution in [0.4, 0.5) is 4.39 Å². The van der Waals surface area contributed by atoms with E-state index >= 15 is 0 Å². The van der Waals surface area contributed by atoms with E-state index in [-0.39, 0.29) is 17.8 Å². The maximum atomic E-state index is 14.2. The highest BCUT2D eigenvalue weighted by Gasteiger charge is 2.24. The molecule has 4 rings (SSSR count). The highest BCUT2D eigenvalue weighted by atomic mass is 19.1. The highest BCUT2D eigenvalue weighted by molar-refractivity contribution is 5.99. The first kappa shape index (κ1) is 15.6. The Hall–Kier alpha value is -2.95. The Labute approximate surface area is 145 Å². The van der Waals surface area contributed by atoms with Crippen molar-refractivity contribution in [2.75, 3.05) is 0 Å². The average molecular weight is 335 g/mol. The van der Waals surface area contributed by atoms with Gasteiger partial charge in [-0.15, -0.1) is 0 Å². The Morgan fingerprint density at radius 1 is 1.28 bits per heavy atom. The molecule has 25 heavy (non-hydrogen) atoms. The summed E-state index contributed by atoms with van der Waals surface area (Å²) < 4.78 is 16.1. The van der Waals surface area contributed by atoms with Crippen molar-refractivity contribution in [3.8, 4) is 11.1 Å². The number of hydrogen-bond acceptors (Lipinski definition) is 2. The fourth-order valence-corrected chi connectivity index (χ4v) is 3.44. The van der Waals surface area contributed by atoms with Gasteiger partial charge >= 0.3 is 0 Å². The smallest absolute Gasteiger partial charge is 0.251 e. The maximum Gasteiger partial charge on any atom is 0.251 e. The summed E-state index contributed by atoms with van der Waals surface area (Å²) in [6.45, 7) is 2.53. The van der Waals surface area contributed by atoms with Crippen molar-refractivity contribution in [3.05, 3.63) is 77.6 Å². The number of amides is 1. The number of hydrogen-bond donors (Lipinski definition) is 1. The van der Waals surface area contributed by atoms with Crippen LogP contribution in [-0.2, 0) is 13.0 Å². The van der Waals surface area contributed by atoms with E-state index in [4.69, 9.17) is 0 Å². The number of halogens is 1. The lowest BCUT2D eigenvalue weighted by atomic mass is 9.88. The lowest BCUT2D eigenvalue weighted by molar-refractivity contribution is 0.0929. The molecule has 5 heteroatoms. The summed E-state index contributed by atoms with van der Waals surface area (Å²) in [5, 5.41) is 2.94. The predicted octanol–water partition coefficient (Wildman–Crippen LogP) is 3.41. The van der Waals surface area contributed by atoms with Gasteiger partial charge in [0, 0.05) is 30.5 Å². The Morgan fingerprint density at radius 2 is 2.12 bits per heavy atom. The van der Waals surface area contributed by atoms with Gasteiger partial charge in [-0.2, -0.15) is 0 Å². The van der Waals surface area contributed by atoms with Crippen LogP contribution in [0.3, 0.4) is 0 Å². The van der Waals surface area contributed by atoms with Gasteiger partial charge in [-0.1, -0.05) is 12.1 Å². The Bertz CT molecular complexity index is 934. The zero-order valence-corrected chi connectivity index (χ0v) is 13.9. The molecule has 1 N–H and O–H groups in total. The molecular weight excluding hydrogens is 317 g/mol. The molecule has 0 bridgehead atoms. The van der Waals surface area contributed by atoms with Crippen LogP contribution >= 0.6 is 0 Å². The number of fused-ring (bicyclic) bond motifs is 1. The van der Waals surface area contributed by atoms with Crippen molar-refractivity contribution >= 4 is 5.91 Å². The molecule has 4 nitrogen and oxygen atoms in total. The zero-order chi connectivity index (χ0) is 17.4. The topological polar surface area (TPSA) is 46.9 Å². The molecule has 0 fully saturated rings. The first-order chi connectivity index (χ1) is 12.1. The lowest BCUT2D eigenvalue weighted by Gasteiger charge is -2.25. The molecule has 1 aromatic heterocycles. The molecule has 1 aliphatic heterocycles. The summed E-state index contributed by atoms with van der Waals surface area (Å²) in [4.78, 5) is 16.2. The van der Waals surface area contributed by atoms with Crippen LogP contribution in [-0.4, -0.2) is 21.5 Å². The van der Waals surface area contributed by atoms with Gasteiger partial charge in [0.1, 0.15) is 5.82 Å². The summed E-state index contributed by atoms with van der Waals surface area (Å²) in [7, 11) is 0. The third kappa shape index (κ3) is 3.05. The predicted molar refractivity (Wildman–Crippen MR) is 93.8 cm³/mol. The van der Waals surface area contributed by atoms with Crippen molar-refractivity contribution < 1.29 is 9.18 Å². The summed E-state index contributed by atoms with van der Waals surface area (Å²) in [6.07, 6.45) is 6.00. The minimum Gasteiger partial charge on any atom is -0.349 e. The third-order valence-corrected chi connectivity index (χ3v) is 4.50. The molecule has 1 unspecified atom stereocenters. The molecule has 0 saturated heterocycles. The average Bonchev–Trinajstić information content (AvgIpc) is 3.06. The SMILES string of the molecule is CC1Cc2c(cccc2-c2cc(F)cc(Cn3ccnc3)c2)C(=O)N1. The molecule has 1 atom stereocenters. The van der Waals surface area contributed by atoms with Gasteiger partial charge in [0.05, 0.1) is 6.33 Å². The standard InChI is InChI=1S/C20H18FN3O/c1-13-7-19-17(3-2-4-18(19)20(25)23-13)15-8-14(9-16(21)10-15)11-24-6-5-22-12-24/h2-6,8-10,12-13H,7,11H2,1H3,(H,23,25). The molecule has 126 valence electrons. The first-order valence-electron chi connectivity index (χ1n) is 8.28. The van der Waals surface area contributed by atoms with E-state index in [1.807, 2.05) is 42.0 Å². The molecule has 1 aliphatic rings. The van der Waals surface area contributed by atoms with Gasteiger partial charge < -0.3 is 9.88 Å². The number of nitrogens with one attached hydrogen (secondary N) is 1. The van der Waals surface area contributed by atoms with E-state index in [9.17, 15) is 9.18 Å². The van der Waals surface area contributed by atoms with Crippen molar-refractivity contribution in [2.45, 2.75) is 25.9 Å².